The van der Waals surface area contributed by atoms with E-state index in [4.69, 9.17) is 11.5 Å². The molecule has 1 amide bonds. The second kappa shape index (κ2) is 6.63. The molecule has 0 spiro atoms. The second-order valence-electron chi connectivity index (χ2n) is 7.50. The molecule has 5 nitrogen and oxygen atoms in total. The number of hydrogen-bond acceptors (Lipinski definition) is 5. The van der Waals surface area contributed by atoms with Crippen molar-refractivity contribution in [3.8, 4) is 10.4 Å². The molecule has 0 bridgehead atoms. The Morgan fingerprint density at radius 2 is 2.23 bits per heavy atom. The number of benzene rings is 1. The second-order valence-corrected chi connectivity index (χ2v) is 8.53. The van der Waals surface area contributed by atoms with Crippen LogP contribution in [0.2, 0.25) is 0 Å². The molecule has 138 valence electrons. The lowest BCUT2D eigenvalue weighted by atomic mass is 9.94. The molecule has 4 atom stereocenters. The molecule has 0 radical (unpaired) electrons. The van der Waals surface area contributed by atoms with Crippen LogP contribution in [0.15, 0.2) is 24.3 Å². The highest BCUT2D eigenvalue weighted by Crippen LogP contribution is 2.45. The number of rotatable bonds is 3. The maximum atomic E-state index is 13.6. The van der Waals surface area contributed by atoms with Crippen LogP contribution < -0.4 is 11.5 Å². The van der Waals surface area contributed by atoms with Gasteiger partial charge in [0.15, 0.2) is 5.13 Å². The number of likely N-dealkylation sites (tertiary alicyclic amines) is 1. The first-order valence-electron chi connectivity index (χ1n) is 9.01. The van der Waals surface area contributed by atoms with Gasteiger partial charge in [-0.3, -0.25) is 4.79 Å². The van der Waals surface area contributed by atoms with Crippen molar-refractivity contribution >= 4 is 22.4 Å². The topological polar surface area (TPSA) is 85.2 Å². The van der Waals surface area contributed by atoms with Crippen molar-refractivity contribution < 1.29 is 9.18 Å². The zero-order chi connectivity index (χ0) is 18.4. The van der Waals surface area contributed by atoms with Crippen LogP contribution in [0.1, 0.15) is 30.3 Å². The van der Waals surface area contributed by atoms with E-state index >= 15 is 0 Å². The summed E-state index contributed by atoms with van der Waals surface area (Å²) in [6, 6.07) is 6.22. The van der Waals surface area contributed by atoms with Gasteiger partial charge in [-0.15, -0.1) is 0 Å². The molecule has 1 saturated heterocycles. The van der Waals surface area contributed by atoms with Gasteiger partial charge < -0.3 is 16.4 Å². The number of nitrogens with two attached hydrogens (primary N) is 2. The fourth-order valence-electron chi connectivity index (χ4n) is 4.72. The first-order chi connectivity index (χ1) is 12.5. The predicted molar refractivity (Wildman–Crippen MR) is 101 cm³/mol. The van der Waals surface area contributed by atoms with Gasteiger partial charge in [0, 0.05) is 19.1 Å². The van der Waals surface area contributed by atoms with Gasteiger partial charge >= 0.3 is 0 Å². The highest BCUT2D eigenvalue weighted by molar-refractivity contribution is 7.19. The van der Waals surface area contributed by atoms with Gasteiger partial charge in [0.2, 0.25) is 0 Å². The fraction of sp³-hybridized carbons (Fsp3) is 0.474. The van der Waals surface area contributed by atoms with Crippen molar-refractivity contribution in [2.24, 2.45) is 23.5 Å². The number of nitrogens with zero attached hydrogens (tertiary/aromatic N) is 2. The van der Waals surface area contributed by atoms with Gasteiger partial charge in [-0.1, -0.05) is 30.4 Å². The number of nitrogen functional groups attached to an aromatic ring is 1. The summed E-state index contributed by atoms with van der Waals surface area (Å²) in [6.07, 6.45) is 2.26. The molecular weight excluding hydrogens is 351 g/mol. The lowest BCUT2D eigenvalue weighted by Crippen LogP contribution is -2.43. The molecule has 4 N–H and O–H groups in total. The minimum atomic E-state index is -0.350. The lowest BCUT2D eigenvalue weighted by molar-refractivity contribution is 0.0710. The van der Waals surface area contributed by atoms with Crippen LogP contribution >= 0.6 is 11.3 Å². The summed E-state index contributed by atoms with van der Waals surface area (Å²) in [4.78, 5) is 20.1. The third kappa shape index (κ3) is 2.89. The number of hydrogen-bond donors (Lipinski definition) is 2. The Kier molecular flexibility index (Phi) is 4.44. The predicted octanol–water partition coefficient (Wildman–Crippen LogP) is 2.98. The van der Waals surface area contributed by atoms with Crippen molar-refractivity contribution in [2.45, 2.75) is 25.8 Å². The molecule has 1 aromatic carbocycles. The number of anilines is 1. The number of fused-ring (bicyclic) bond motifs is 1. The van der Waals surface area contributed by atoms with E-state index in [1.807, 2.05) is 4.90 Å². The van der Waals surface area contributed by atoms with Crippen LogP contribution in [0.4, 0.5) is 9.52 Å². The van der Waals surface area contributed by atoms with Crippen LogP contribution in [0, 0.1) is 23.6 Å². The summed E-state index contributed by atoms with van der Waals surface area (Å²) in [5.74, 6) is 1.17. The van der Waals surface area contributed by atoms with E-state index in [1.165, 1.54) is 23.5 Å². The Morgan fingerprint density at radius 3 is 2.96 bits per heavy atom. The van der Waals surface area contributed by atoms with Crippen molar-refractivity contribution in [1.82, 2.24) is 9.88 Å². The van der Waals surface area contributed by atoms with Crippen LogP contribution in [0.25, 0.3) is 10.4 Å². The summed E-state index contributed by atoms with van der Waals surface area (Å²) in [6.45, 7) is 3.44. The Balaban J connectivity index is 1.67. The summed E-state index contributed by atoms with van der Waals surface area (Å²) in [5.41, 5.74) is 12.9. The maximum Gasteiger partial charge on any atom is 0.274 e. The van der Waals surface area contributed by atoms with Crippen LogP contribution in [0.3, 0.4) is 0 Å². The Morgan fingerprint density at radius 1 is 1.42 bits per heavy atom. The molecule has 1 aliphatic carbocycles. The van der Waals surface area contributed by atoms with E-state index in [2.05, 4.69) is 11.9 Å². The Bertz CT molecular complexity index is 839. The Labute approximate surface area is 156 Å². The molecule has 26 heavy (non-hydrogen) atoms. The SMILES string of the molecule is CC1C[C@H]2CN(C(=O)c3nc(N)sc3-c3cccc(F)c3)[C@H](CN)[C@H]2C1. The van der Waals surface area contributed by atoms with E-state index < -0.39 is 0 Å². The average molecular weight is 374 g/mol. The molecule has 7 heteroatoms. The molecule has 4 rings (SSSR count). The number of aromatic nitrogens is 1. The number of carbonyl (C=O) groups excluding carboxylic acids is 1. The zero-order valence-corrected chi connectivity index (χ0v) is 15.5. The molecule has 1 aliphatic heterocycles. The van der Waals surface area contributed by atoms with E-state index in [1.54, 1.807) is 12.1 Å². The van der Waals surface area contributed by atoms with Crippen molar-refractivity contribution in [3.63, 3.8) is 0 Å². The minimum Gasteiger partial charge on any atom is -0.375 e. The molecular formula is C19H23FN4OS. The van der Waals surface area contributed by atoms with E-state index in [9.17, 15) is 9.18 Å². The first kappa shape index (κ1) is 17.4. The van der Waals surface area contributed by atoms with Crippen LogP contribution in [-0.2, 0) is 0 Å². The Hall–Kier alpha value is -1.99. The molecule has 2 heterocycles. The van der Waals surface area contributed by atoms with E-state index in [0.717, 1.165) is 19.4 Å². The smallest absolute Gasteiger partial charge is 0.274 e. The zero-order valence-electron chi connectivity index (χ0n) is 14.7. The molecule has 1 unspecified atom stereocenters. The molecule has 2 fully saturated rings. The van der Waals surface area contributed by atoms with Gasteiger partial charge in [0.25, 0.3) is 5.91 Å². The van der Waals surface area contributed by atoms with Gasteiger partial charge in [0.1, 0.15) is 11.5 Å². The van der Waals surface area contributed by atoms with Crippen molar-refractivity contribution in [3.05, 3.63) is 35.8 Å². The van der Waals surface area contributed by atoms with Gasteiger partial charge in [-0.25, -0.2) is 9.37 Å². The van der Waals surface area contributed by atoms with Gasteiger partial charge in [-0.05, 0) is 48.3 Å². The molecule has 2 aliphatic rings. The fourth-order valence-corrected chi connectivity index (χ4v) is 5.54. The third-order valence-electron chi connectivity index (χ3n) is 5.75. The van der Waals surface area contributed by atoms with Crippen molar-refractivity contribution in [1.29, 1.82) is 0 Å². The summed E-state index contributed by atoms with van der Waals surface area (Å²) < 4.78 is 13.6. The molecule has 1 saturated carbocycles. The molecule has 1 aromatic heterocycles. The lowest BCUT2D eigenvalue weighted by Gasteiger charge is -2.27. The van der Waals surface area contributed by atoms with E-state index in [0.29, 0.717) is 45.6 Å². The summed E-state index contributed by atoms with van der Waals surface area (Å²) in [7, 11) is 0. The highest BCUT2D eigenvalue weighted by Gasteiger charge is 2.48. The first-order valence-corrected chi connectivity index (χ1v) is 9.82. The minimum absolute atomic E-state index is 0.0423. The van der Waals surface area contributed by atoms with Crippen molar-refractivity contribution in [2.75, 3.05) is 18.8 Å². The average Bonchev–Trinajstić information content (AvgIpc) is 3.25. The molecule has 2 aromatic rings. The van der Waals surface area contributed by atoms with E-state index in [-0.39, 0.29) is 17.8 Å². The number of halogens is 1. The van der Waals surface area contributed by atoms with Gasteiger partial charge in [-0.2, -0.15) is 0 Å². The van der Waals surface area contributed by atoms with Crippen LogP contribution in [-0.4, -0.2) is 34.9 Å². The highest BCUT2D eigenvalue weighted by atomic mass is 32.1. The number of thiazole rings is 1. The third-order valence-corrected chi connectivity index (χ3v) is 6.68. The normalized spacial score (nSPS) is 27.7. The van der Waals surface area contributed by atoms with Gasteiger partial charge in [0.05, 0.1) is 4.88 Å². The summed E-state index contributed by atoms with van der Waals surface area (Å²) >= 11 is 1.22. The quantitative estimate of drug-likeness (QED) is 0.865. The number of carbonyl (C=O) groups is 1. The van der Waals surface area contributed by atoms with Crippen LogP contribution in [0.5, 0.6) is 0 Å². The standard InChI is InChI=1S/C19H23FN4OS/c1-10-5-12-9-24(15(8-21)14(12)6-10)18(25)16-17(26-19(22)23-16)11-3-2-4-13(20)7-11/h2-4,7,10,12,14-15H,5-6,8-9,21H2,1H3,(H2,22,23)/t10?,12-,14-,15+/m0/s1. The maximum absolute atomic E-state index is 13.6. The monoisotopic (exact) mass is 374 g/mol. The summed E-state index contributed by atoms with van der Waals surface area (Å²) in [5, 5.41) is 0.310. The largest absolute Gasteiger partial charge is 0.375 e. The number of amides is 1.